The summed E-state index contributed by atoms with van der Waals surface area (Å²) in [5.41, 5.74) is 0.154. The summed E-state index contributed by atoms with van der Waals surface area (Å²) in [5.74, 6) is 0. The molecule has 0 atom stereocenters. The Morgan fingerprint density at radius 1 is 1.36 bits per heavy atom. The fraction of sp³-hybridized carbons (Fsp3) is 0.444. The first-order chi connectivity index (χ1) is 5.14. The van der Waals surface area contributed by atoms with Gasteiger partial charge in [0.2, 0.25) is 0 Å². The van der Waals surface area contributed by atoms with Gasteiger partial charge in [-0.25, -0.2) is 0 Å². The summed E-state index contributed by atoms with van der Waals surface area (Å²) in [6, 6.07) is 0. The first-order valence-electron chi connectivity index (χ1n) is 3.63. The van der Waals surface area contributed by atoms with Crippen molar-refractivity contribution >= 4 is 16.8 Å². The molecule has 60 valence electrons. The monoisotopic (exact) mass is 167 g/mol. The highest BCUT2D eigenvalue weighted by molar-refractivity contribution is 8.13. The molecule has 1 rings (SSSR count). The number of thioether (sulfide) groups is 1. The molecule has 0 aromatic carbocycles. The van der Waals surface area contributed by atoms with E-state index in [0.29, 0.717) is 0 Å². The quantitative estimate of drug-likeness (QED) is 0.540. The lowest BCUT2D eigenvalue weighted by Gasteiger charge is -2.11. The highest BCUT2D eigenvalue weighted by Crippen LogP contribution is 2.21. The number of allylic oxidation sites excluding steroid dienone is 2. The molecule has 0 radical (unpaired) electrons. The third-order valence-corrected chi connectivity index (χ3v) is 2.23. The van der Waals surface area contributed by atoms with Gasteiger partial charge in [-0.3, -0.25) is 4.99 Å². The molecule has 11 heavy (non-hydrogen) atoms. The van der Waals surface area contributed by atoms with Gasteiger partial charge in [-0.05, 0) is 12.3 Å². The predicted octanol–water partition coefficient (Wildman–Crippen LogP) is 2.86. The number of rotatable bonds is 0. The van der Waals surface area contributed by atoms with Crippen molar-refractivity contribution in [3.63, 3.8) is 0 Å². The predicted molar refractivity (Wildman–Crippen MR) is 53.0 cm³/mol. The Hall–Kier alpha value is -0.500. The Morgan fingerprint density at radius 3 is 2.73 bits per heavy atom. The average molecular weight is 167 g/mol. The summed E-state index contributed by atoms with van der Waals surface area (Å²) in [6.07, 6.45) is 10.3. The van der Waals surface area contributed by atoms with Crippen LogP contribution < -0.4 is 0 Å². The molecule has 1 aliphatic heterocycles. The molecule has 0 aromatic heterocycles. The number of nitrogens with zero attached hydrogens (tertiary/aromatic N) is 1. The minimum atomic E-state index is 0.154. The highest BCUT2D eigenvalue weighted by atomic mass is 32.2. The van der Waals surface area contributed by atoms with E-state index in [1.165, 1.54) is 0 Å². The van der Waals surface area contributed by atoms with Gasteiger partial charge in [-0.1, -0.05) is 26.0 Å². The van der Waals surface area contributed by atoms with E-state index in [2.05, 4.69) is 37.1 Å². The van der Waals surface area contributed by atoms with Gasteiger partial charge in [0, 0.05) is 11.6 Å². The summed E-state index contributed by atoms with van der Waals surface area (Å²) in [4.78, 5) is 4.25. The van der Waals surface area contributed by atoms with Gasteiger partial charge in [0.05, 0.1) is 5.04 Å². The second-order valence-corrected chi connectivity index (χ2v) is 3.97. The molecule has 0 aromatic rings. The van der Waals surface area contributed by atoms with Gasteiger partial charge in [-0.15, -0.1) is 11.8 Å². The second-order valence-electron chi connectivity index (χ2n) is 3.14. The molecule has 0 bridgehead atoms. The van der Waals surface area contributed by atoms with Crippen LogP contribution in [0.2, 0.25) is 0 Å². The largest absolute Gasteiger partial charge is 0.250 e. The van der Waals surface area contributed by atoms with Crippen LogP contribution in [0, 0.1) is 5.41 Å². The van der Waals surface area contributed by atoms with Crippen LogP contribution in [-0.2, 0) is 0 Å². The maximum Gasteiger partial charge on any atom is 0.0954 e. The average Bonchev–Trinajstić information content (AvgIpc) is 2.10. The molecule has 0 saturated heterocycles. The van der Waals surface area contributed by atoms with Crippen molar-refractivity contribution in [2.45, 2.75) is 13.8 Å². The van der Waals surface area contributed by atoms with E-state index in [0.717, 1.165) is 5.04 Å². The van der Waals surface area contributed by atoms with Crippen LogP contribution in [0.25, 0.3) is 0 Å². The van der Waals surface area contributed by atoms with Crippen LogP contribution >= 0.6 is 11.8 Å². The molecule has 0 aliphatic carbocycles. The topological polar surface area (TPSA) is 12.4 Å². The molecule has 1 nitrogen and oxygen atoms in total. The fourth-order valence-corrected chi connectivity index (χ4v) is 1.18. The first-order valence-corrected chi connectivity index (χ1v) is 4.85. The van der Waals surface area contributed by atoms with Crippen LogP contribution in [-0.4, -0.2) is 11.3 Å². The molecule has 0 fully saturated rings. The van der Waals surface area contributed by atoms with E-state index in [9.17, 15) is 0 Å². The van der Waals surface area contributed by atoms with Crippen LogP contribution in [0.4, 0.5) is 0 Å². The zero-order valence-corrected chi connectivity index (χ0v) is 7.98. The fourth-order valence-electron chi connectivity index (χ4n) is 0.808. The van der Waals surface area contributed by atoms with Crippen LogP contribution in [0.15, 0.2) is 29.4 Å². The Labute approximate surface area is 72.3 Å². The van der Waals surface area contributed by atoms with Gasteiger partial charge in [-0.2, -0.15) is 0 Å². The van der Waals surface area contributed by atoms with E-state index in [1.807, 2.05) is 12.5 Å². The molecule has 0 saturated carbocycles. The van der Waals surface area contributed by atoms with Crippen molar-refractivity contribution in [1.82, 2.24) is 0 Å². The molecular formula is C9H13NS. The summed E-state index contributed by atoms with van der Waals surface area (Å²) < 4.78 is 0. The zero-order valence-electron chi connectivity index (χ0n) is 7.16. The standard InChI is InChI=1S/C9H13NS/c1-9(2)5-4-8(11-3)10-7-6-9/h4-7H,1-3H3. The van der Waals surface area contributed by atoms with E-state index in [4.69, 9.17) is 0 Å². The minimum Gasteiger partial charge on any atom is -0.250 e. The Bertz CT molecular complexity index is 224. The lowest BCUT2D eigenvalue weighted by atomic mass is 9.93. The first kappa shape index (κ1) is 8.60. The molecule has 0 unspecified atom stereocenters. The van der Waals surface area contributed by atoms with Crippen LogP contribution in [0.3, 0.4) is 0 Å². The molecule has 2 heteroatoms. The van der Waals surface area contributed by atoms with E-state index >= 15 is 0 Å². The summed E-state index contributed by atoms with van der Waals surface area (Å²) in [6.45, 7) is 4.33. The Morgan fingerprint density at radius 2 is 2.09 bits per heavy atom. The van der Waals surface area contributed by atoms with Crippen molar-refractivity contribution in [2.75, 3.05) is 6.26 Å². The lowest BCUT2D eigenvalue weighted by molar-refractivity contribution is 0.626. The van der Waals surface area contributed by atoms with Crippen molar-refractivity contribution in [2.24, 2.45) is 10.4 Å². The number of hydrogen-bond acceptors (Lipinski definition) is 2. The lowest BCUT2D eigenvalue weighted by Crippen LogP contribution is -2.00. The van der Waals surface area contributed by atoms with Crippen molar-refractivity contribution in [3.05, 3.63) is 24.4 Å². The molecule has 1 heterocycles. The van der Waals surface area contributed by atoms with Crippen molar-refractivity contribution in [1.29, 1.82) is 0 Å². The minimum absolute atomic E-state index is 0.154. The molecule has 0 N–H and O–H groups in total. The maximum atomic E-state index is 4.25. The smallest absolute Gasteiger partial charge is 0.0954 e. The van der Waals surface area contributed by atoms with Gasteiger partial charge >= 0.3 is 0 Å². The third kappa shape index (κ3) is 2.54. The van der Waals surface area contributed by atoms with Gasteiger partial charge in [0.15, 0.2) is 0 Å². The number of aliphatic imine (C=N–C) groups is 1. The maximum absolute atomic E-state index is 4.25. The Balaban J connectivity index is 2.83. The van der Waals surface area contributed by atoms with Crippen LogP contribution in [0.5, 0.6) is 0 Å². The van der Waals surface area contributed by atoms with Gasteiger partial charge in [0.1, 0.15) is 0 Å². The summed E-state index contributed by atoms with van der Waals surface area (Å²) in [5, 5.41) is 1.08. The third-order valence-electron chi connectivity index (χ3n) is 1.57. The van der Waals surface area contributed by atoms with Crippen LogP contribution in [0.1, 0.15) is 13.8 Å². The van der Waals surface area contributed by atoms with E-state index in [-0.39, 0.29) is 5.41 Å². The Kier molecular flexibility index (Phi) is 2.55. The number of hydrogen-bond donors (Lipinski definition) is 0. The molecule has 0 spiro atoms. The zero-order chi connectivity index (χ0) is 8.32. The van der Waals surface area contributed by atoms with Gasteiger partial charge < -0.3 is 0 Å². The molecule has 0 amide bonds. The molecule has 1 aliphatic rings. The second kappa shape index (κ2) is 3.26. The summed E-state index contributed by atoms with van der Waals surface area (Å²) >= 11 is 1.67. The summed E-state index contributed by atoms with van der Waals surface area (Å²) in [7, 11) is 0. The van der Waals surface area contributed by atoms with Crippen molar-refractivity contribution < 1.29 is 0 Å². The van der Waals surface area contributed by atoms with Crippen molar-refractivity contribution in [3.8, 4) is 0 Å². The van der Waals surface area contributed by atoms with E-state index < -0.39 is 0 Å². The molecular weight excluding hydrogens is 154 g/mol. The normalized spacial score (nSPS) is 21.2. The van der Waals surface area contributed by atoms with E-state index in [1.54, 1.807) is 11.8 Å². The van der Waals surface area contributed by atoms with Gasteiger partial charge in [0.25, 0.3) is 0 Å². The highest BCUT2D eigenvalue weighted by Gasteiger charge is 2.10. The SMILES string of the molecule is CSC1=NC=CC(C)(C)C=C1.